The van der Waals surface area contributed by atoms with Crippen LogP contribution < -0.4 is 20.3 Å². The summed E-state index contributed by atoms with van der Waals surface area (Å²) in [4.78, 5) is 26.4. The summed E-state index contributed by atoms with van der Waals surface area (Å²) in [5, 5.41) is 7.56. The van der Waals surface area contributed by atoms with Crippen molar-refractivity contribution in [1.82, 2.24) is 5.32 Å². The van der Waals surface area contributed by atoms with Crippen LogP contribution in [0.2, 0.25) is 0 Å². The molecule has 0 aliphatic carbocycles. The van der Waals surface area contributed by atoms with Gasteiger partial charge in [-0.25, -0.2) is 4.79 Å². The minimum Gasteiger partial charge on any atom is -0.495 e. The molecule has 1 fully saturated rings. The van der Waals surface area contributed by atoms with Gasteiger partial charge in [0.2, 0.25) is 0 Å². The Morgan fingerprint density at radius 2 is 1.93 bits per heavy atom. The van der Waals surface area contributed by atoms with E-state index in [2.05, 4.69) is 10.6 Å². The van der Waals surface area contributed by atoms with E-state index >= 15 is 0 Å². The van der Waals surface area contributed by atoms with Crippen molar-refractivity contribution in [2.45, 2.75) is 0 Å². The van der Waals surface area contributed by atoms with Crippen molar-refractivity contribution in [2.75, 3.05) is 30.4 Å². The molecule has 2 N–H and O–H groups in total. The number of nitrogens with one attached hydrogen (secondary N) is 2. The fraction of sp³-hybridized carbons (Fsp3) is 0.130. The van der Waals surface area contributed by atoms with Crippen LogP contribution >= 0.6 is 0 Å². The van der Waals surface area contributed by atoms with E-state index in [0.29, 0.717) is 41.4 Å². The lowest BCUT2D eigenvalue weighted by Gasteiger charge is -2.15. The third kappa shape index (κ3) is 3.00. The number of methoxy groups -OCH3 is 1. The largest absolute Gasteiger partial charge is 0.495 e. The molecule has 3 amide bonds. The Balaban J connectivity index is 1.48. The number of benzene rings is 3. The molecule has 0 radical (unpaired) electrons. The van der Waals surface area contributed by atoms with Crippen LogP contribution in [0.5, 0.6) is 5.75 Å². The Morgan fingerprint density at radius 3 is 2.73 bits per heavy atom. The number of urea groups is 1. The molecule has 1 saturated heterocycles. The van der Waals surface area contributed by atoms with Gasteiger partial charge < -0.3 is 19.8 Å². The van der Waals surface area contributed by atoms with Gasteiger partial charge in [0.05, 0.1) is 12.8 Å². The quantitative estimate of drug-likeness (QED) is 0.532. The zero-order chi connectivity index (χ0) is 20.7. The molecule has 3 aromatic carbocycles. The molecule has 0 spiro atoms. The van der Waals surface area contributed by atoms with Crippen LogP contribution in [0.25, 0.3) is 21.9 Å². The average molecular weight is 401 g/mol. The predicted octanol–water partition coefficient (Wildman–Crippen LogP) is 4.38. The maximum absolute atomic E-state index is 12.9. The van der Waals surface area contributed by atoms with Gasteiger partial charge in [-0.15, -0.1) is 0 Å². The highest BCUT2D eigenvalue weighted by molar-refractivity contribution is 6.10. The molecule has 7 heteroatoms. The molecule has 1 aliphatic heterocycles. The van der Waals surface area contributed by atoms with Gasteiger partial charge in [0, 0.05) is 41.2 Å². The van der Waals surface area contributed by atoms with Crippen molar-refractivity contribution in [3.8, 4) is 5.75 Å². The van der Waals surface area contributed by atoms with E-state index in [-0.39, 0.29) is 11.9 Å². The second-order valence-electron chi connectivity index (χ2n) is 7.03. The van der Waals surface area contributed by atoms with Gasteiger partial charge in [-0.3, -0.25) is 9.69 Å². The van der Waals surface area contributed by atoms with Crippen molar-refractivity contribution >= 4 is 45.3 Å². The van der Waals surface area contributed by atoms with Gasteiger partial charge in [-0.05, 0) is 30.3 Å². The highest BCUT2D eigenvalue weighted by Crippen LogP contribution is 2.36. The molecule has 0 unspecified atom stereocenters. The summed E-state index contributed by atoms with van der Waals surface area (Å²) in [6.07, 6.45) is 0. The van der Waals surface area contributed by atoms with Crippen molar-refractivity contribution < 1.29 is 18.7 Å². The lowest BCUT2D eigenvalue weighted by molar-refractivity contribution is 0.102. The Morgan fingerprint density at radius 1 is 1.07 bits per heavy atom. The van der Waals surface area contributed by atoms with E-state index in [1.807, 2.05) is 36.4 Å². The number of hydrogen-bond donors (Lipinski definition) is 2. The zero-order valence-electron chi connectivity index (χ0n) is 16.3. The molecule has 0 saturated carbocycles. The molecule has 7 nitrogen and oxygen atoms in total. The van der Waals surface area contributed by atoms with E-state index in [0.717, 1.165) is 16.4 Å². The molecule has 4 aromatic rings. The number of hydrogen-bond acceptors (Lipinski definition) is 4. The fourth-order valence-electron chi connectivity index (χ4n) is 3.75. The molecule has 2 heterocycles. The third-order valence-corrected chi connectivity index (χ3v) is 5.22. The third-order valence-electron chi connectivity index (χ3n) is 5.22. The summed E-state index contributed by atoms with van der Waals surface area (Å²) in [5.41, 5.74) is 3.07. The lowest BCUT2D eigenvalue weighted by Crippen LogP contribution is -2.27. The van der Waals surface area contributed by atoms with Gasteiger partial charge >= 0.3 is 6.03 Å². The number of rotatable bonds is 4. The van der Waals surface area contributed by atoms with Gasteiger partial charge in [0.1, 0.15) is 16.9 Å². The number of carbonyl (C=O) groups excluding carboxylic acids is 2. The van der Waals surface area contributed by atoms with E-state index in [4.69, 9.17) is 9.15 Å². The minimum atomic E-state index is -0.301. The maximum Gasteiger partial charge on any atom is 0.321 e. The number of furan rings is 1. The normalized spacial score (nSPS) is 13.6. The average Bonchev–Trinajstić information content (AvgIpc) is 3.36. The first-order valence-electron chi connectivity index (χ1n) is 9.60. The van der Waals surface area contributed by atoms with Crippen LogP contribution in [0.1, 0.15) is 10.4 Å². The van der Waals surface area contributed by atoms with E-state index in [9.17, 15) is 9.59 Å². The smallest absolute Gasteiger partial charge is 0.321 e. The molecule has 0 bridgehead atoms. The summed E-state index contributed by atoms with van der Waals surface area (Å²) in [6.45, 7) is 1.16. The van der Waals surface area contributed by atoms with E-state index in [1.165, 1.54) is 0 Å². The van der Waals surface area contributed by atoms with Crippen molar-refractivity contribution in [2.24, 2.45) is 0 Å². The monoisotopic (exact) mass is 401 g/mol. The maximum atomic E-state index is 12.9. The molecule has 150 valence electrons. The van der Waals surface area contributed by atoms with Crippen molar-refractivity contribution in [1.29, 1.82) is 0 Å². The van der Waals surface area contributed by atoms with Crippen molar-refractivity contribution in [3.05, 3.63) is 66.2 Å². The van der Waals surface area contributed by atoms with Gasteiger partial charge in [-0.2, -0.15) is 0 Å². The molecule has 0 atom stereocenters. The zero-order valence-corrected chi connectivity index (χ0v) is 16.3. The second-order valence-corrected chi connectivity index (χ2v) is 7.03. The number of fused-ring (bicyclic) bond motifs is 3. The highest BCUT2D eigenvalue weighted by Gasteiger charge is 2.22. The highest BCUT2D eigenvalue weighted by atomic mass is 16.5. The minimum absolute atomic E-state index is 0.162. The Bertz CT molecular complexity index is 1290. The van der Waals surface area contributed by atoms with Crippen LogP contribution in [-0.2, 0) is 0 Å². The molecular formula is C23H19N3O4. The van der Waals surface area contributed by atoms with Crippen LogP contribution in [0.15, 0.2) is 65.1 Å². The summed E-state index contributed by atoms with van der Waals surface area (Å²) < 4.78 is 11.4. The molecule has 5 rings (SSSR count). The SMILES string of the molecule is COc1cc2c(cc1NC(=O)c1cccc(N3CCNC3=O)c1)oc1ccccc12. The summed E-state index contributed by atoms with van der Waals surface area (Å²) in [5.74, 6) is 0.239. The Labute approximate surface area is 172 Å². The van der Waals surface area contributed by atoms with Crippen LogP contribution in [-0.4, -0.2) is 32.1 Å². The van der Waals surface area contributed by atoms with E-state index < -0.39 is 0 Å². The Hall–Kier alpha value is -4.00. The Kier molecular flexibility index (Phi) is 4.28. The first-order valence-corrected chi connectivity index (χ1v) is 9.60. The summed E-state index contributed by atoms with van der Waals surface area (Å²) >= 11 is 0. The molecule has 1 aliphatic rings. The van der Waals surface area contributed by atoms with Gasteiger partial charge in [0.25, 0.3) is 5.91 Å². The van der Waals surface area contributed by atoms with E-state index in [1.54, 1.807) is 36.3 Å². The second kappa shape index (κ2) is 7.11. The van der Waals surface area contributed by atoms with Gasteiger partial charge in [0.15, 0.2) is 0 Å². The van der Waals surface area contributed by atoms with Crippen LogP contribution in [0.3, 0.4) is 0 Å². The first-order chi connectivity index (χ1) is 14.6. The lowest BCUT2D eigenvalue weighted by atomic mass is 10.1. The van der Waals surface area contributed by atoms with Gasteiger partial charge in [-0.1, -0.05) is 24.3 Å². The standard InChI is InChI=1S/C23H19N3O4/c1-29-21-12-17-16-7-2-3-8-19(16)30-20(17)13-18(21)25-22(27)14-5-4-6-15(11-14)26-10-9-24-23(26)28/h2-8,11-13H,9-10H2,1H3,(H,24,28)(H,25,27). The number of para-hydroxylation sites is 1. The number of nitrogens with zero attached hydrogens (tertiary/aromatic N) is 1. The number of carbonyl (C=O) groups is 2. The van der Waals surface area contributed by atoms with Crippen LogP contribution in [0, 0.1) is 0 Å². The molecule has 30 heavy (non-hydrogen) atoms. The van der Waals surface area contributed by atoms with Crippen LogP contribution in [0.4, 0.5) is 16.2 Å². The van der Waals surface area contributed by atoms with Crippen molar-refractivity contribution in [3.63, 3.8) is 0 Å². The number of amides is 3. The summed E-state index contributed by atoms with van der Waals surface area (Å²) in [6, 6.07) is 18.2. The predicted molar refractivity (Wildman–Crippen MR) is 115 cm³/mol. The first kappa shape index (κ1) is 18.1. The summed E-state index contributed by atoms with van der Waals surface area (Å²) in [7, 11) is 1.56. The molecular weight excluding hydrogens is 382 g/mol. The fourth-order valence-corrected chi connectivity index (χ4v) is 3.75. The number of anilines is 2. The molecule has 1 aromatic heterocycles. The number of ether oxygens (including phenoxy) is 1. The topological polar surface area (TPSA) is 83.8 Å².